The molecular weight excluding hydrogens is 417 g/mol. The summed E-state index contributed by atoms with van der Waals surface area (Å²) < 4.78 is 44.4. The van der Waals surface area contributed by atoms with Crippen LogP contribution in [0.15, 0.2) is 30.5 Å². The molecule has 9 nitrogen and oxygen atoms in total. The first kappa shape index (κ1) is 23.7. The lowest BCUT2D eigenvalue weighted by Crippen LogP contribution is -2.34. The van der Waals surface area contributed by atoms with E-state index in [1.807, 2.05) is 6.07 Å². The number of aromatic nitrogens is 3. The smallest absolute Gasteiger partial charge is 0.416 e. The Kier molecular flexibility index (Phi) is 7.22. The minimum Gasteiger partial charge on any atom is -0.444 e. The van der Waals surface area contributed by atoms with Gasteiger partial charge >= 0.3 is 12.3 Å². The molecule has 2 amide bonds. The summed E-state index contributed by atoms with van der Waals surface area (Å²) in [6.07, 6.45) is -3.78. The number of nitriles is 1. The number of carbonyl (C=O) groups is 2. The molecule has 0 spiro atoms. The quantitative estimate of drug-likeness (QED) is 0.715. The lowest BCUT2D eigenvalue weighted by molar-refractivity contribution is -0.137. The van der Waals surface area contributed by atoms with Gasteiger partial charge in [0.05, 0.1) is 24.4 Å². The molecule has 1 heterocycles. The highest BCUT2D eigenvalue weighted by Crippen LogP contribution is 2.29. The largest absolute Gasteiger partial charge is 0.444 e. The molecule has 12 heteroatoms. The van der Waals surface area contributed by atoms with Crippen molar-refractivity contribution in [3.63, 3.8) is 0 Å². The molecule has 0 saturated carbocycles. The van der Waals surface area contributed by atoms with E-state index in [4.69, 9.17) is 4.74 Å². The zero-order chi connectivity index (χ0) is 23.2. The predicted molar refractivity (Wildman–Crippen MR) is 102 cm³/mol. The Balaban J connectivity index is 1.92. The Labute approximate surface area is 176 Å². The topological polar surface area (TPSA) is 122 Å². The zero-order valence-corrected chi connectivity index (χ0v) is 17.0. The summed E-state index contributed by atoms with van der Waals surface area (Å²) in [6, 6.07) is 4.56. The first-order chi connectivity index (χ1) is 14.4. The first-order valence-electron chi connectivity index (χ1n) is 9.13. The van der Waals surface area contributed by atoms with Crippen LogP contribution in [0.25, 0.3) is 0 Å². The SMILES string of the molecule is CC(C)(C)OC(=O)NCCn1cc(C(=O)NC(C#N)c2ccc(C(F)(F)F)cc2)nn1. The number of hydrogen-bond donors (Lipinski definition) is 2. The maximum atomic E-state index is 12.7. The molecule has 2 aromatic rings. The lowest BCUT2D eigenvalue weighted by Gasteiger charge is -2.19. The van der Waals surface area contributed by atoms with E-state index in [-0.39, 0.29) is 24.3 Å². The van der Waals surface area contributed by atoms with Gasteiger partial charge in [-0.15, -0.1) is 5.10 Å². The third-order valence-electron chi connectivity index (χ3n) is 3.76. The molecule has 0 saturated heterocycles. The van der Waals surface area contributed by atoms with Gasteiger partial charge in [-0.3, -0.25) is 4.79 Å². The fourth-order valence-corrected chi connectivity index (χ4v) is 2.36. The van der Waals surface area contributed by atoms with Gasteiger partial charge in [0, 0.05) is 6.54 Å². The molecule has 2 rings (SSSR count). The Morgan fingerprint density at radius 1 is 1.23 bits per heavy atom. The molecule has 1 atom stereocenters. The summed E-state index contributed by atoms with van der Waals surface area (Å²) in [4.78, 5) is 23.9. The van der Waals surface area contributed by atoms with Crippen molar-refractivity contribution >= 4 is 12.0 Å². The van der Waals surface area contributed by atoms with Crippen molar-refractivity contribution in [2.24, 2.45) is 0 Å². The van der Waals surface area contributed by atoms with Crippen LogP contribution in [0.2, 0.25) is 0 Å². The fraction of sp³-hybridized carbons (Fsp3) is 0.421. The third-order valence-corrected chi connectivity index (χ3v) is 3.76. The molecule has 31 heavy (non-hydrogen) atoms. The van der Waals surface area contributed by atoms with Crippen LogP contribution >= 0.6 is 0 Å². The van der Waals surface area contributed by atoms with Crippen molar-refractivity contribution in [1.82, 2.24) is 25.6 Å². The maximum Gasteiger partial charge on any atom is 0.416 e. The van der Waals surface area contributed by atoms with E-state index in [1.165, 1.54) is 10.9 Å². The molecule has 1 unspecified atom stereocenters. The van der Waals surface area contributed by atoms with Crippen molar-refractivity contribution < 1.29 is 27.5 Å². The molecule has 0 fully saturated rings. The van der Waals surface area contributed by atoms with Gasteiger partial charge in [0.2, 0.25) is 0 Å². The highest BCUT2D eigenvalue weighted by atomic mass is 19.4. The van der Waals surface area contributed by atoms with Crippen LogP contribution in [0.3, 0.4) is 0 Å². The van der Waals surface area contributed by atoms with Gasteiger partial charge in [-0.2, -0.15) is 18.4 Å². The van der Waals surface area contributed by atoms with Gasteiger partial charge in [-0.05, 0) is 38.5 Å². The Morgan fingerprint density at radius 2 is 1.87 bits per heavy atom. The fourth-order valence-electron chi connectivity index (χ4n) is 2.36. The van der Waals surface area contributed by atoms with Crippen LogP contribution in [-0.4, -0.2) is 39.1 Å². The van der Waals surface area contributed by atoms with Crippen LogP contribution in [0, 0.1) is 11.3 Å². The summed E-state index contributed by atoms with van der Waals surface area (Å²) in [6.45, 7) is 5.57. The van der Waals surface area contributed by atoms with E-state index in [9.17, 15) is 28.0 Å². The minimum atomic E-state index is -4.50. The molecule has 1 aromatic heterocycles. The summed E-state index contributed by atoms with van der Waals surface area (Å²) >= 11 is 0. The number of benzene rings is 1. The minimum absolute atomic E-state index is 0.0931. The van der Waals surface area contributed by atoms with Crippen LogP contribution in [0.5, 0.6) is 0 Å². The van der Waals surface area contributed by atoms with Gasteiger partial charge in [-0.25, -0.2) is 9.48 Å². The number of rotatable bonds is 6. The Hall–Kier alpha value is -3.62. The number of halogens is 3. The summed E-state index contributed by atoms with van der Waals surface area (Å²) in [5.41, 5.74) is -1.39. The zero-order valence-electron chi connectivity index (χ0n) is 17.0. The van der Waals surface area contributed by atoms with Crippen molar-refractivity contribution in [3.8, 4) is 6.07 Å². The van der Waals surface area contributed by atoms with Crippen LogP contribution in [-0.2, 0) is 17.5 Å². The van der Waals surface area contributed by atoms with Crippen molar-refractivity contribution in [1.29, 1.82) is 5.26 Å². The molecular formula is C19H21F3N6O3. The lowest BCUT2D eigenvalue weighted by atomic mass is 10.1. The number of hydrogen-bond acceptors (Lipinski definition) is 6. The number of carbonyl (C=O) groups excluding carboxylic acids is 2. The van der Waals surface area contributed by atoms with E-state index in [0.29, 0.717) is 0 Å². The number of nitrogens with one attached hydrogen (secondary N) is 2. The monoisotopic (exact) mass is 438 g/mol. The second-order valence-corrected chi connectivity index (χ2v) is 7.45. The predicted octanol–water partition coefficient (Wildman–Crippen LogP) is 2.82. The maximum absolute atomic E-state index is 12.7. The average Bonchev–Trinajstić information content (AvgIpc) is 3.13. The van der Waals surface area contributed by atoms with E-state index in [1.54, 1.807) is 20.8 Å². The normalized spacial score (nSPS) is 12.5. The Bertz CT molecular complexity index is 958. The summed E-state index contributed by atoms with van der Waals surface area (Å²) in [5.74, 6) is -0.724. The van der Waals surface area contributed by atoms with E-state index in [2.05, 4.69) is 20.9 Å². The first-order valence-corrected chi connectivity index (χ1v) is 9.13. The highest BCUT2D eigenvalue weighted by molar-refractivity contribution is 5.92. The molecule has 0 aliphatic heterocycles. The van der Waals surface area contributed by atoms with Gasteiger partial charge in [0.1, 0.15) is 11.6 Å². The number of nitrogens with zero attached hydrogens (tertiary/aromatic N) is 4. The molecule has 0 radical (unpaired) electrons. The van der Waals surface area contributed by atoms with Crippen molar-refractivity contribution in [3.05, 3.63) is 47.3 Å². The number of alkyl halides is 3. The molecule has 0 aliphatic rings. The van der Waals surface area contributed by atoms with Gasteiger partial charge in [0.25, 0.3) is 5.91 Å². The molecule has 2 N–H and O–H groups in total. The Morgan fingerprint density at radius 3 is 2.42 bits per heavy atom. The second-order valence-electron chi connectivity index (χ2n) is 7.45. The highest BCUT2D eigenvalue weighted by Gasteiger charge is 2.30. The van der Waals surface area contributed by atoms with Crippen molar-refractivity contribution in [2.45, 2.75) is 45.1 Å². The van der Waals surface area contributed by atoms with Gasteiger partial charge < -0.3 is 15.4 Å². The molecule has 0 aliphatic carbocycles. The van der Waals surface area contributed by atoms with E-state index < -0.39 is 35.4 Å². The standard InChI is InChI=1S/C19H21F3N6O3/c1-18(2,3)31-17(30)24-8-9-28-11-15(26-27-28)16(29)25-14(10-23)12-4-6-13(7-5-12)19(20,21)22/h4-7,11,14H,8-9H2,1-3H3,(H,24,30)(H,25,29). The van der Waals surface area contributed by atoms with Crippen LogP contribution in [0.4, 0.5) is 18.0 Å². The number of ether oxygens (including phenoxy) is 1. The summed E-state index contributed by atoms with van der Waals surface area (Å²) in [5, 5.41) is 21.7. The number of amides is 2. The molecule has 1 aromatic carbocycles. The van der Waals surface area contributed by atoms with Gasteiger partial charge in [-0.1, -0.05) is 17.3 Å². The second kappa shape index (κ2) is 9.46. The van der Waals surface area contributed by atoms with Gasteiger partial charge in [0.15, 0.2) is 5.69 Å². The molecule has 0 bridgehead atoms. The van der Waals surface area contributed by atoms with E-state index in [0.717, 1.165) is 24.3 Å². The number of alkyl carbamates (subject to hydrolysis) is 1. The van der Waals surface area contributed by atoms with E-state index >= 15 is 0 Å². The van der Waals surface area contributed by atoms with Crippen LogP contribution < -0.4 is 10.6 Å². The third kappa shape index (κ3) is 7.29. The van der Waals surface area contributed by atoms with Crippen LogP contribution in [0.1, 0.15) is 48.4 Å². The summed E-state index contributed by atoms with van der Waals surface area (Å²) in [7, 11) is 0. The molecule has 166 valence electrons. The average molecular weight is 438 g/mol. The van der Waals surface area contributed by atoms with Crippen molar-refractivity contribution in [2.75, 3.05) is 6.54 Å².